The number of para-hydroxylation sites is 1. The Hall–Kier alpha value is -3.65. The van der Waals surface area contributed by atoms with Gasteiger partial charge in [0.15, 0.2) is 0 Å². The Morgan fingerprint density at radius 2 is 1.71 bits per heavy atom. The number of thiophene rings is 1. The van der Waals surface area contributed by atoms with Crippen molar-refractivity contribution < 1.29 is 19.1 Å². The van der Waals surface area contributed by atoms with E-state index in [0.29, 0.717) is 35.0 Å². The maximum absolute atomic E-state index is 13.3. The first-order chi connectivity index (χ1) is 15.1. The van der Waals surface area contributed by atoms with Crippen LogP contribution in [0.25, 0.3) is 0 Å². The number of imide groups is 1. The number of rotatable bonds is 4. The van der Waals surface area contributed by atoms with E-state index >= 15 is 0 Å². The van der Waals surface area contributed by atoms with Gasteiger partial charge < -0.3 is 15.0 Å². The first-order valence-electron chi connectivity index (χ1n) is 9.94. The van der Waals surface area contributed by atoms with E-state index in [1.54, 1.807) is 41.3 Å². The predicted octanol–water partition coefficient (Wildman–Crippen LogP) is 3.88. The van der Waals surface area contributed by atoms with E-state index in [2.05, 4.69) is 5.32 Å². The highest BCUT2D eigenvalue weighted by molar-refractivity contribution is 7.12. The number of anilines is 1. The van der Waals surface area contributed by atoms with E-state index in [1.807, 2.05) is 35.7 Å². The summed E-state index contributed by atoms with van der Waals surface area (Å²) in [4.78, 5) is 42.2. The van der Waals surface area contributed by atoms with E-state index in [9.17, 15) is 14.4 Å². The van der Waals surface area contributed by atoms with E-state index in [4.69, 9.17) is 4.74 Å². The second-order valence-electron chi connectivity index (χ2n) is 7.35. The smallest absolute Gasteiger partial charge is 0.329 e. The molecule has 3 aromatic rings. The van der Waals surface area contributed by atoms with Gasteiger partial charge in [0, 0.05) is 6.54 Å². The summed E-state index contributed by atoms with van der Waals surface area (Å²) in [6.45, 7) is 0.426. The normalized spacial score (nSPS) is 20.4. The predicted molar refractivity (Wildman–Crippen MR) is 117 cm³/mol. The molecule has 0 spiro atoms. The highest BCUT2D eigenvalue weighted by atomic mass is 32.1. The molecule has 8 heteroatoms. The van der Waals surface area contributed by atoms with Crippen LogP contribution in [0.5, 0.6) is 11.5 Å². The van der Waals surface area contributed by atoms with Crippen molar-refractivity contribution in [2.75, 3.05) is 11.4 Å². The van der Waals surface area contributed by atoms with Gasteiger partial charge in [0.2, 0.25) is 0 Å². The number of ether oxygens (including phenoxy) is 1. The maximum atomic E-state index is 13.3. The van der Waals surface area contributed by atoms with Crippen molar-refractivity contribution in [1.82, 2.24) is 10.2 Å². The van der Waals surface area contributed by atoms with Gasteiger partial charge in [-0.3, -0.25) is 9.59 Å². The van der Waals surface area contributed by atoms with E-state index in [1.165, 1.54) is 11.3 Å². The SMILES string of the molecule is O=C1N[C@@H]2CCN(C(=O)c3cccs3)[C@@H]2C(=O)N1c1ccc(Oc2ccccc2)cc1. The molecule has 3 heterocycles. The van der Waals surface area contributed by atoms with Crippen LogP contribution in [-0.4, -0.2) is 41.4 Å². The molecule has 1 N–H and O–H groups in total. The van der Waals surface area contributed by atoms with Crippen LogP contribution in [0.4, 0.5) is 10.5 Å². The van der Waals surface area contributed by atoms with Gasteiger partial charge in [-0.05, 0) is 54.3 Å². The molecule has 31 heavy (non-hydrogen) atoms. The molecule has 1 aromatic heterocycles. The van der Waals surface area contributed by atoms with Crippen LogP contribution < -0.4 is 15.0 Å². The van der Waals surface area contributed by atoms with Gasteiger partial charge in [0.1, 0.15) is 17.5 Å². The number of amides is 4. The topological polar surface area (TPSA) is 79.0 Å². The van der Waals surface area contributed by atoms with Gasteiger partial charge in [0.05, 0.1) is 16.6 Å². The Morgan fingerprint density at radius 3 is 2.42 bits per heavy atom. The van der Waals surface area contributed by atoms with Gasteiger partial charge in [-0.15, -0.1) is 11.3 Å². The Labute approximate surface area is 182 Å². The van der Waals surface area contributed by atoms with Crippen LogP contribution in [0.2, 0.25) is 0 Å². The molecule has 7 nitrogen and oxygen atoms in total. The van der Waals surface area contributed by atoms with Crippen molar-refractivity contribution in [2.45, 2.75) is 18.5 Å². The van der Waals surface area contributed by atoms with Gasteiger partial charge in [0.25, 0.3) is 11.8 Å². The first kappa shape index (κ1) is 19.3. The fraction of sp³-hybridized carbons (Fsp3) is 0.174. The number of hydrogen-bond acceptors (Lipinski definition) is 5. The van der Waals surface area contributed by atoms with Crippen LogP contribution in [0.15, 0.2) is 72.1 Å². The van der Waals surface area contributed by atoms with Crippen molar-refractivity contribution in [3.05, 3.63) is 77.0 Å². The molecule has 0 radical (unpaired) electrons. The summed E-state index contributed by atoms with van der Waals surface area (Å²) in [7, 11) is 0. The van der Waals surface area contributed by atoms with Crippen molar-refractivity contribution in [3.8, 4) is 11.5 Å². The van der Waals surface area contributed by atoms with Crippen LogP contribution in [-0.2, 0) is 4.79 Å². The highest BCUT2D eigenvalue weighted by Crippen LogP contribution is 2.31. The summed E-state index contributed by atoms with van der Waals surface area (Å²) in [5, 5.41) is 4.72. The molecule has 2 aromatic carbocycles. The fourth-order valence-electron chi connectivity index (χ4n) is 4.01. The van der Waals surface area contributed by atoms with Crippen LogP contribution in [0, 0.1) is 0 Å². The molecule has 2 fully saturated rings. The Bertz CT molecular complexity index is 1120. The number of fused-ring (bicyclic) bond motifs is 1. The average Bonchev–Trinajstić information content (AvgIpc) is 3.46. The van der Waals surface area contributed by atoms with Crippen molar-refractivity contribution in [2.24, 2.45) is 0 Å². The van der Waals surface area contributed by atoms with E-state index < -0.39 is 18.0 Å². The lowest BCUT2D eigenvalue weighted by atomic mass is 10.0. The molecule has 2 aliphatic rings. The minimum absolute atomic E-state index is 0.182. The second kappa shape index (κ2) is 7.88. The average molecular weight is 433 g/mol. The Morgan fingerprint density at radius 1 is 0.968 bits per heavy atom. The molecule has 4 amide bonds. The minimum Gasteiger partial charge on any atom is -0.457 e. The molecule has 0 unspecified atom stereocenters. The lowest BCUT2D eigenvalue weighted by Gasteiger charge is -2.36. The summed E-state index contributed by atoms with van der Waals surface area (Å²) in [5.41, 5.74) is 0.428. The Balaban J connectivity index is 1.37. The van der Waals surface area contributed by atoms with E-state index in [0.717, 1.165) is 4.90 Å². The largest absolute Gasteiger partial charge is 0.457 e. The summed E-state index contributed by atoms with van der Waals surface area (Å²) < 4.78 is 5.78. The Kier molecular flexibility index (Phi) is 4.91. The zero-order valence-electron chi connectivity index (χ0n) is 16.4. The van der Waals surface area contributed by atoms with Crippen LogP contribution in [0.1, 0.15) is 16.1 Å². The quantitative estimate of drug-likeness (QED) is 0.677. The van der Waals surface area contributed by atoms with E-state index in [-0.39, 0.29) is 11.9 Å². The third-order valence-corrected chi connectivity index (χ3v) is 6.31. The number of likely N-dealkylation sites (tertiary alicyclic amines) is 1. The molecule has 0 bridgehead atoms. The van der Waals surface area contributed by atoms with Gasteiger partial charge >= 0.3 is 6.03 Å². The summed E-state index contributed by atoms with van der Waals surface area (Å²) >= 11 is 1.34. The molecule has 0 aliphatic carbocycles. The van der Waals surface area contributed by atoms with Gasteiger partial charge in [-0.2, -0.15) is 0 Å². The molecule has 5 rings (SSSR count). The highest BCUT2D eigenvalue weighted by Gasteiger charge is 2.50. The zero-order chi connectivity index (χ0) is 21.4. The number of nitrogens with zero attached hydrogens (tertiary/aromatic N) is 2. The molecule has 2 atom stereocenters. The fourth-order valence-corrected chi connectivity index (χ4v) is 4.69. The number of benzene rings is 2. The minimum atomic E-state index is -0.715. The molecule has 156 valence electrons. The van der Waals surface area contributed by atoms with Crippen LogP contribution in [0.3, 0.4) is 0 Å². The van der Waals surface area contributed by atoms with Gasteiger partial charge in [-0.25, -0.2) is 9.69 Å². The molecular formula is C23H19N3O4S. The number of nitrogens with one attached hydrogen (secondary N) is 1. The zero-order valence-corrected chi connectivity index (χ0v) is 17.2. The molecular weight excluding hydrogens is 414 g/mol. The standard InChI is InChI=1S/C23H19N3O4S/c27-21(19-7-4-14-31-19)25-13-12-18-20(25)22(28)26(23(29)24-18)15-8-10-17(11-9-15)30-16-5-2-1-3-6-16/h1-11,14,18,20H,12-13H2,(H,24,29)/t18-,20+/m1/s1. The third-order valence-electron chi connectivity index (χ3n) is 5.45. The molecule has 2 aliphatic heterocycles. The molecule has 0 saturated carbocycles. The second-order valence-corrected chi connectivity index (χ2v) is 8.30. The third kappa shape index (κ3) is 3.55. The van der Waals surface area contributed by atoms with Crippen molar-refractivity contribution >= 4 is 34.9 Å². The van der Waals surface area contributed by atoms with Crippen molar-refractivity contribution in [3.63, 3.8) is 0 Å². The number of carbonyl (C=O) groups excluding carboxylic acids is 3. The summed E-state index contributed by atoms with van der Waals surface area (Å²) in [6.07, 6.45) is 0.553. The number of hydrogen-bond donors (Lipinski definition) is 1. The van der Waals surface area contributed by atoms with Crippen molar-refractivity contribution in [1.29, 1.82) is 0 Å². The lowest BCUT2D eigenvalue weighted by Crippen LogP contribution is -2.65. The number of urea groups is 1. The van der Waals surface area contributed by atoms with Crippen LogP contribution >= 0.6 is 11.3 Å². The summed E-state index contributed by atoms with van der Waals surface area (Å²) in [6, 6.07) is 18.1. The molecule has 2 saturated heterocycles. The monoisotopic (exact) mass is 433 g/mol. The summed E-state index contributed by atoms with van der Waals surface area (Å²) in [5.74, 6) is 0.707. The lowest BCUT2D eigenvalue weighted by molar-refractivity contribution is -0.122. The maximum Gasteiger partial charge on any atom is 0.329 e. The van der Waals surface area contributed by atoms with Gasteiger partial charge in [-0.1, -0.05) is 24.3 Å². The number of carbonyl (C=O) groups is 3. The first-order valence-corrected chi connectivity index (χ1v) is 10.8.